The number of hydrazine groups is 1. The second kappa shape index (κ2) is 10.8. The summed E-state index contributed by atoms with van der Waals surface area (Å²) in [6.07, 6.45) is 0.624. The zero-order valence-electron chi connectivity index (χ0n) is 19.5. The number of ketones is 1. The second-order valence-corrected chi connectivity index (χ2v) is 13.0. The van der Waals surface area contributed by atoms with Crippen LogP contribution in [0.15, 0.2) is 42.5 Å². The van der Waals surface area contributed by atoms with E-state index < -0.39 is 47.2 Å². The van der Waals surface area contributed by atoms with Gasteiger partial charge in [0.05, 0.1) is 22.4 Å². The molecule has 2 bridgehead atoms. The van der Waals surface area contributed by atoms with Gasteiger partial charge in [-0.2, -0.15) is 5.01 Å². The summed E-state index contributed by atoms with van der Waals surface area (Å²) in [5, 5.41) is 2.00. The molecular formula is C26H20Br2Cl3FN2O4. The molecule has 0 spiro atoms. The lowest BCUT2D eigenvalue weighted by Gasteiger charge is -2.37. The van der Waals surface area contributed by atoms with Crippen LogP contribution in [-0.2, 0) is 9.59 Å². The fraction of sp³-hybridized carbons (Fsp3) is 0.385. The summed E-state index contributed by atoms with van der Waals surface area (Å²) >= 11 is 25.8. The topological polar surface area (TPSA) is 74.8 Å². The molecule has 0 unspecified atom stereocenters. The summed E-state index contributed by atoms with van der Waals surface area (Å²) in [5.41, 5.74) is 0.0573. The number of carbonyl (C=O) groups is 4. The molecule has 5 rings (SSSR count). The molecule has 0 radical (unpaired) electrons. The maximum Gasteiger partial charge on any atom is 0.275 e. The van der Waals surface area contributed by atoms with Crippen molar-refractivity contribution in [1.82, 2.24) is 10.0 Å². The standard InChI is InChI=1S/C26H20Br2Cl3FN2O4/c27-21-15-10-16(22(21)28)20-19(15)25(37)34(26(20)38)33(24(36)14-6-3-12(30)9-17(14)31)18(7-8-29)23(35)11-1-4-13(32)5-2-11/h1-6,9,15-16,18-22H,7-8,10H2/t15-,16-,18+,19-,20-,21+,22+/m1/s1. The van der Waals surface area contributed by atoms with Crippen molar-refractivity contribution in [3.63, 3.8) is 0 Å². The highest BCUT2D eigenvalue weighted by Gasteiger charge is 2.68. The van der Waals surface area contributed by atoms with E-state index in [1.807, 2.05) is 0 Å². The number of hydrogen-bond donors (Lipinski definition) is 0. The minimum Gasteiger partial charge on any atom is -0.292 e. The lowest BCUT2D eigenvalue weighted by molar-refractivity contribution is -0.157. The van der Waals surface area contributed by atoms with Gasteiger partial charge < -0.3 is 0 Å². The Bertz CT molecular complexity index is 1300. The molecule has 1 heterocycles. The van der Waals surface area contributed by atoms with Gasteiger partial charge in [0.15, 0.2) is 5.78 Å². The van der Waals surface area contributed by atoms with Crippen molar-refractivity contribution < 1.29 is 23.6 Å². The van der Waals surface area contributed by atoms with E-state index in [1.165, 1.54) is 30.3 Å². The Morgan fingerprint density at radius 1 is 1.00 bits per heavy atom. The zero-order valence-corrected chi connectivity index (χ0v) is 24.9. The maximum absolute atomic E-state index is 14.1. The van der Waals surface area contributed by atoms with Gasteiger partial charge in [0.25, 0.3) is 17.7 Å². The fourth-order valence-corrected chi connectivity index (χ4v) is 8.55. The van der Waals surface area contributed by atoms with E-state index in [9.17, 15) is 23.6 Å². The fourth-order valence-electron chi connectivity index (χ4n) is 5.98. The van der Waals surface area contributed by atoms with E-state index in [4.69, 9.17) is 34.8 Å². The van der Waals surface area contributed by atoms with Crippen LogP contribution in [0.1, 0.15) is 33.6 Å². The van der Waals surface area contributed by atoms with Crippen molar-refractivity contribution in [2.45, 2.75) is 28.5 Å². The lowest BCUT2D eigenvalue weighted by Crippen LogP contribution is -2.58. The Morgan fingerprint density at radius 3 is 2.11 bits per heavy atom. The van der Waals surface area contributed by atoms with Gasteiger partial charge in [-0.1, -0.05) is 55.1 Å². The molecule has 200 valence electrons. The van der Waals surface area contributed by atoms with Gasteiger partial charge in [-0.3, -0.25) is 19.2 Å². The smallest absolute Gasteiger partial charge is 0.275 e. The number of hydrogen-bond acceptors (Lipinski definition) is 4. The largest absolute Gasteiger partial charge is 0.292 e. The summed E-state index contributed by atoms with van der Waals surface area (Å²) in [5.74, 6) is -4.56. The number of imide groups is 1. The molecule has 3 amide bonds. The van der Waals surface area contributed by atoms with Crippen molar-refractivity contribution in [3.05, 3.63) is 69.5 Å². The van der Waals surface area contributed by atoms with Crippen molar-refractivity contribution in [1.29, 1.82) is 0 Å². The average molecular weight is 710 g/mol. The second-order valence-electron chi connectivity index (χ2n) is 9.63. The number of rotatable bonds is 7. The molecule has 2 aliphatic carbocycles. The molecule has 3 fully saturated rings. The number of carbonyl (C=O) groups excluding carboxylic acids is 4. The highest BCUT2D eigenvalue weighted by atomic mass is 79.9. The van der Waals surface area contributed by atoms with Gasteiger partial charge in [-0.15, -0.1) is 11.6 Å². The number of fused-ring (bicyclic) bond motifs is 5. The number of Topliss-reactive ketones (excluding diaryl/α,β-unsaturated/α-hetero) is 1. The lowest BCUT2D eigenvalue weighted by atomic mass is 9.81. The molecule has 0 aromatic heterocycles. The van der Waals surface area contributed by atoms with Gasteiger partial charge in [0, 0.05) is 26.1 Å². The van der Waals surface area contributed by atoms with Gasteiger partial charge in [0.1, 0.15) is 11.9 Å². The third kappa shape index (κ3) is 4.52. The molecule has 1 saturated heterocycles. The Balaban J connectivity index is 1.62. The highest BCUT2D eigenvalue weighted by Crippen LogP contribution is 2.60. The van der Waals surface area contributed by atoms with Crippen molar-refractivity contribution in [2.75, 3.05) is 5.88 Å². The minimum absolute atomic E-state index is 0.00763. The number of halogens is 6. The van der Waals surface area contributed by atoms with Crippen LogP contribution in [0.5, 0.6) is 0 Å². The zero-order chi connectivity index (χ0) is 27.5. The van der Waals surface area contributed by atoms with Crippen molar-refractivity contribution in [3.8, 4) is 0 Å². The minimum atomic E-state index is -1.33. The summed E-state index contributed by atoms with van der Waals surface area (Å²) in [6, 6.07) is 7.65. The number of alkyl halides is 3. The molecule has 6 nitrogen and oxygen atoms in total. The van der Waals surface area contributed by atoms with Crippen LogP contribution in [0.3, 0.4) is 0 Å². The summed E-state index contributed by atoms with van der Waals surface area (Å²) in [4.78, 5) is 55.6. The molecular weight excluding hydrogens is 689 g/mol. The highest BCUT2D eigenvalue weighted by molar-refractivity contribution is 9.12. The molecule has 0 N–H and O–H groups in total. The maximum atomic E-state index is 14.1. The first-order chi connectivity index (χ1) is 18.1. The molecule has 2 saturated carbocycles. The summed E-state index contributed by atoms with van der Waals surface area (Å²) in [7, 11) is 0. The van der Waals surface area contributed by atoms with Crippen molar-refractivity contribution in [2.24, 2.45) is 23.7 Å². The monoisotopic (exact) mass is 706 g/mol. The van der Waals surface area contributed by atoms with Crippen LogP contribution in [-0.4, -0.2) is 55.1 Å². The molecule has 1 aliphatic heterocycles. The molecule has 7 atom stereocenters. The quantitative estimate of drug-likeness (QED) is 0.197. The molecule has 3 aliphatic rings. The van der Waals surface area contributed by atoms with Crippen LogP contribution >= 0.6 is 66.7 Å². The van der Waals surface area contributed by atoms with Crippen LogP contribution < -0.4 is 0 Å². The predicted molar refractivity (Wildman–Crippen MR) is 148 cm³/mol. The SMILES string of the molecule is O=C(c1ccc(F)cc1)[C@H](CCCl)N(C(=O)c1ccc(Cl)cc1Cl)N1C(=O)[C@@H]2[C@H]3C[C@@H]([C@H](Br)[C@H]3Br)[C@H]2C1=O. The Labute approximate surface area is 250 Å². The van der Waals surface area contributed by atoms with Gasteiger partial charge >= 0.3 is 0 Å². The van der Waals surface area contributed by atoms with Crippen LogP contribution in [0.2, 0.25) is 10.0 Å². The first-order valence-corrected chi connectivity index (χ1v) is 15.0. The van der Waals surface area contributed by atoms with E-state index in [1.54, 1.807) is 0 Å². The van der Waals surface area contributed by atoms with E-state index in [0.29, 0.717) is 6.42 Å². The molecule has 2 aromatic rings. The number of amides is 3. The Morgan fingerprint density at radius 2 is 1.58 bits per heavy atom. The van der Waals surface area contributed by atoms with E-state index in [0.717, 1.165) is 22.2 Å². The predicted octanol–water partition coefficient (Wildman–Crippen LogP) is 6.15. The molecule has 38 heavy (non-hydrogen) atoms. The number of nitrogens with zero attached hydrogens (tertiary/aromatic N) is 2. The normalized spacial score (nSPS) is 28.5. The van der Waals surface area contributed by atoms with E-state index in [2.05, 4.69) is 31.9 Å². The third-order valence-corrected chi connectivity index (χ3v) is 11.6. The Kier molecular flexibility index (Phi) is 7.97. The van der Waals surface area contributed by atoms with E-state index >= 15 is 0 Å². The molecule has 12 heteroatoms. The first-order valence-electron chi connectivity index (χ1n) is 11.9. The van der Waals surface area contributed by atoms with Gasteiger partial charge in [0.2, 0.25) is 0 Å². The summed E-state index contributed by atoms with van der Waals surface area (Å²) < 4.78 is 13.6. The van der Waals surface area contributed by atoms with Crippen LogP contribution in [0.25, 0.3) is 0 Å². The van der Waals surface area contributed by atoms with E-state index in [-0.39, 0.29) is 55.0 Å². The third-order valence-electron chi connectivity index (χ3n) is 7.66. The number of benzene rings is 2. The van der Waals surface area contributed by atoms with Crippen LogP contribution in [0, 0.1) is 29.5 Å². The molecule has 2 aromatic carbocycles. The first kappa shape index (κ1) is 28.0. The van der Waals surface area contributed by atoms with Gasteiger partial charge in [-0.05, 0) is 67.1 Å². The summed E-state index contributed by atoms with van der Waals surface area (Å²) in [6.45, 7) is 0. The average Bonchev–Trinajstić information content (AvgIpc) is 3.49. The Hall–Kier alpha value is -1.52. The van der Waals surface area contributed by atoms with Crippen LogP contribution in [0.4, 0.5) is 4.39 Å². The van der Waals surface area contributed by atoms with Gasteiger partial charge in [-0.25, -0.2) is 9.40 Å². The van der Waals surface area contributed by atoms with Crippen molar-refractivity contribution >= 4 is 90.2 Å².